The van der Waals surface area contributed by atoms with E-state index in [1.54, 1.807) is 6.92 Å². The summed E-state index contributed by atoms with van der Waals surface area (Å²) in [5.74, 6) is -2.18. The number of Topliss-reactive ketones (excluding diaryl/α,β-unsaturated/α-hetero) is 1. The van der Waals surface area contributed by atoms with Gasteiger partial charge in [0.1, 0.15) is 11.4 Å². The molecule has 0 radical (unpaired) electrons. The van der Waals surface area contributed by atoms with Crippen molar-refractivity contribution in [2.75, 3.05) is 6.61 Å². The fourth-order valence-electron chi connectivity index (χ4n) is 2.08. The molecule has 0 saturated carbocycles. The first-order chi connectivity index (χ1) is 11.6. The zero-order chi connectivity index (χ0) is 17.4. The lowest BCUT2D eigenvalue weighted by Gasteiger charge is -2.08. The normalized spacial score (nSPS) is 11.0. The van der Waals surface area contributed by atoms with Gasteiger partial charge in [0.2, 0.25) is 5.78 Å². The van der Waals surface area contributed by atoms with Crippen molar-refractivity contribution < 1.29 is 18.7 Å². The van der Waals surface area contributed by atoms with E-state index in [1.807, 2.05) is 30.3 Å². The molecule has 0 aromatic heterocycles. The number of ether oxygens (including phenoxy) is 1. The van der Waals surface area contributed by atoms with Crippen LogP contribution in [0.15, 0.2) is 66.4 Å². The lowest BCUT2D eigenvalue weighted by Crippen LogP contribution is -2.20. The monoisotopic (exact) mass is 327 g/mol. The van der Waals surface area contributed by atoms with Crippen LogP contribution in [0.3, 0.4) is 0 Å². The van der Waals surface area contributed by atoms with Crippen LogP contribution in [-0.4, -0.2) is 18.4 Å². The summed E-state index contributed by atoms with van der Waals surface area (Å²) in [6.07, 6.45) is 1.28. The summed E-state index contributed by atoms with van der Waals surface area (Å²) >= 11 is 0. The third-order valence-corrected chi connectivity index (χ3v) is 3.25. The largest absolute Gasteiger partial charge is 0.462 e. The molecule has 0 amide bonds. The molecule has 0 aliphatic heterocycles. The Morgan fingerprint density at radius 2 is 1.75 bits per heavy atom. The van der Waals surface area contributed by atoms with Gasteiger partial charge in [0.05, 0.1) is 12.2 Å². The second kappa shape index (κ2) is 8.62. The minimum absolute atomic E-state index is 0.124. The van der Waals surface area contributed by atoms with Crippen LogP contribution in [-0.2, 0) is 16.1 Å². The summed E-state index contributed by atoms with van der Waals surface area (Å²) < 4.78 is 18.7. The van der Waals surface area contributed by atoms with Gasteiger partial charge in [-0.2, -0.15) is 0 Å². The standard InChI is InChI=1S/C19H18FNO3/c1-2-24-19(23)16(13-21-12-14-8-4-3-5-9-14)18(22)15-10-6-7-11-17(15)20/h3-11,13,21H,2,12H2,1H3. The minimum atomic E-state index is -0.786. The van der Waals surface area contributed by atoms with Crippen LogP contribution in [0, 0.1) is 5.82 Å². The molecule has 0 heterocycles. The summed E-state index contributed by atoms with van der Waals surface area (Å²) in [4.78, 5) is 24.5. The third kappa shape index (κ3) is 4.52. The number of ketones is 1. The van der Waals surface area contributed by atoms with Gasteiger partial charge in [0.15, 0.2) is 0 Å². The second-order valence-electron chi connectivity index (χ2n) is 4.95. The molecule has 0 fully saturated rings. The molecule has 4 nitrogen and oxygen atoms in total. The molecule has 2 rings (SSSR count). The molecular formula is C19H18FNO3. The maximum absolute atomic E-state index is 13.8. The van der Waals surface area contributed by atoms with Crippen molar-refractivity contribution in [3.05, 3.63) is 83.3 Å². The first-order valence-electron chi connectivity index (χ1n) is 7.57. The van der Waals surface area contributed by atoms with Crippen LogP contribution in [0.4, 0.5) is 4.39 Å². The number of halogens is 1. The maximum atomic E-state index is 13.8. The van der Waals surface area contributed by atoms with Crippen LogP contribution in [0.1, 0.15) is 22.8 Å². The summed E-state index contributed by atoms with van der Waals surface area (Å²) in [5.41, 5.74) is 0.575. The number of esters is 1. The van der Waals surface area contributed by atoms with E-state index in [2.05, 4.69) is 5.32 Å². The third-order valence-electron chi connectivity index (χ3n) is 3.25. The van der Waals surface area contributed by atoms with Crippen molar-refractivity contribution in [3.63, 3.8) is 0 Å². The number of hydrogen-bond acceptors (Lipinski definition) is 4. The molecule has 0 saturated heterocycles. The SMILES string of the molecule is CCOC(=O)C(=CNCc1ccccc1)C(=O)c1ccccc1F. The Hall–Kier alpha value is -2.95. The number of carbonyl (C=O) groups is 2. The molecule has 0 bridgehead atoms. The van der Waals surface area contributed by atoms with Crippen molar-refractivity contribution in [1.82, 2.24) is 5.32 Å². The van der Waals surface area contributed by atoms with Crippen LogP contribution in [0.25, 0.3) is 0 Å². The number of carbonyl (C=O) groups excluding carboxylic acids is 2. The predicted molar refractivity (Wildman–Crippen MR) is 88.7 cm³/mol. The van der Waals surface area contributed by atoms with Gasteiger partial charge in [0, 0.05) is 12.7 Å². The number of nitrogens with one attached hydrogen (secondary N) is 1. The Bertz CT molecular complexity index is 741. The zero-order valence-electron chi connectivity index (χ0n) is 13.3. The first-order valence-corrected chi connectivity index (χ1v) is 7.57. The van der Waals surface area contributed by atoms with Crippen LogP contribution in [0.2, 0.25) is 0 Å². The van der Waals surface area contributed by atoms with Crippen molar-refractivity contribution in [3.8, 4) is 0 Å². The van der Waals surface area contributed by atoms with Crippen LogP contribution < -0.4 is 5.32 Å². The van der Waals surface area contributed by atoms with Crippen LogP contribution in [0.5, 0.6) is 0 Å². The lowest BCUT2D eigenvalue weighted by molar-refractivity contribution is -0.138. The Morgan fingerprint density at radius 3 is 2.42 bits per heavy atom. The van der Waals surface area contributed by atoms with E-state index in [0.29, 0.717) is 6.54 Å². The number of rotatable bonds is 7. The summed E-state index contributed by atoms with van der Waals surface area (Å²) in [7, 11) is 0. The van der Waals surface area contributed by atoms with E-state index >= 15 is 0 Å². The van der Waals surface area contributed by atoms with Gasteiger partial charge in [0.25, 0.3) is 0 Å². The first kappa shape index (κ1) is 17.4. The fourth-order valence-corrected chi connectivity index (χ4v) is 2.08. The number of benzene rings is 2. The van der Waals surface area contributed by atoms with Gasteiger partial charge < -0.3 is 10.1 Å². The smallest absolute Gasteiger partial charge is 0.343 e. The molecule has 0 aliphatic rings. The van der Waals surface area contributed by atoms with E-state index in [-0.39, 0.29) is 17.7 Å². The highest BCUT2D eigenvalue weighted by molar-refractivity contribution is 6.24. The summed E-state index contributed by atoms with van der Waals surface area (Å²) in [6, 6.07) is 15.0. The molecule has 2 aromatic rings. The molecule has 5 heteroatoms. The van der Waals surface area contributed by atoms with Crippen molar-refractivity contribution >= 4 is 11.8 Å². The highest BCUT2D eigenvalue weighted by Crippen LogP contribution is 2.13. The van der Waals surface area contributed by atoms with Gasteiger partial charge in [-0.25, -0.2) is 9.18 Å². The molecular weight excluding hydrogens is 309 g/mol. The highest BCUT2D eigenvalue weighted by atomic mass is 19.1. The molecule has 124 valence electrons. The Kier molecular flexibility index (Phi) is 6.25. The molecule has 0 unspecified atom stereocenters. The highest BCUT2D eigenvalue weighted by Gasteiger charge is 2.23. The van der Waals surface area contributed by atoms with Gasteiger partial charge >= 0.3 is 5.97 Å². The molecule has 1 N–H and O–H groups in total. The number of hydrogen-bond donors (Lipinski definition) is 1. The molecule has 2 aromatic carbocycles. The van der Waals surface area contributed by atoms with Gasteiger partial charge in [-0.3, -0.25) is 4.79 Å². The topological polar surface area (TPSA) is 55.4 Å². The molecule has 24 heavy (non-hydrogen) atoms. The van der Waals surface area contributed by atoms with Gasteiger partial charge in [-0.15, -0.1) is 0 Å². The Labute approximate surface area is 140 Å². The Balaban J connectivity index is 2.21. The quantitative estimate of drug-likeness (QED) is 0.279. The summed E-state index contributed by atoms with van der Waals surface area (Å²) in [6.45, 7) is 2.19. The van der Waals surface area contributed by atoms with E-state index in [4.69, 9.17) is 4.74 Å². The molecule has 0 atom stereocenters. The van der Waals surface area contributed by atoms with Crippen molar-refractivity contribution in [2.24, 2.45) is 0 Å². The molecule has 0 spiro atoms. The van der Waals surface area contributed by atoms with E-state index < -0.39 is 17.6 Å². The fraction of sp³-hybridized carbons (Fsp3) is 0.158. The van der Waals surface area contributed by atoms with Crippen LogP contribution >= 0.6 is 0 Å². The Morgan fingerprint density at radius 1 is 1.08 bits per heavy atom. The van der Waals surface area contributed by atoms with E-state index in [1.165, 1.54) is 30.5 Å². The maximum Gasteiger partial charge on any atom is 0.343 e. The lowest BCUT2D eigenvalue weighted by atomic mass is 10.0. The average Bonchev–Trinajstić information content (AvgIpc) is 2.60. The van der Waals surface area contributed by atoms with E-state index in [0.717, 1.165) is 5.56 Å². The summed E-state index contributed by atoms with van der Waals surface area (Å²) in [5, 5.41) is 2.91. The predicted octanol–water partition coefficient (Wildman–Crippen LogP) is 3.25. The van der Waals surface area contributed by atoms with Crippen molar-refractivity contribution in [2.45, 2.75) is 13.5 Å². The minimum Gasteiger partial charge on any atom is -0.462 e. The van der Waals surface area contributed by atoms with Gasteiger partial charge in [-0.05, 0) is 24.6 Å². The average molecular weight is 327 g/mol. The second-order valence-corrected chi connectivity index (χ2v) is 4.95. The van der Waals surface area contributed by atoms with Gasteiger partial charge in [-0.1, -0.05) is 42.5 Å². The zero-order valence-corrected chi connectivity index (χ0v) is 13.3. The van der Waals surface area contributed by atoms with Crippen molar-refractivity contribution in [1.29, 1.82) is 0 Å². The van der Waals surface area contributed by atoms with E-state index in [9.17, 15) is 14.0 Å². The molecule has 0 aliphatic carbocycles.